The van der Waals surface area contributed by atoms with Crippen molar-refractivity contribution in [3.8, 4) is 0 Å². The Morgan fingerprint density at radius 2 is 2.16 bits per heavy atom. The van der Waals surface area contributed by atoms with Crippen molar-refractivity contribution in [3.63, 3.8) is 0 Å². The second-order valence-corrected chi connectivity index (χ2v) is 4.79. The topological polar surface area (TPSA) is 126 Å². The Morgan fingerprint density at radius 1 is 1.32 bits per heavy atom. The molecule has 3 aromatic heterocycles. The molecule has 0 atom stereocenters. The predicted molar refractivity (Wildman–Crippen MR) is 70.1 cm³/mol. The Bertz CT molecular complexity index is 814. The fraction of sp³-hybridized carbons (Fsp3) is 0. The summed E-state index contributed by atoms with van der Waals surface area (Å²) in [6.07, 6.45) is 1.48. The number of H-pyrrole nitrogens is 2. The lowest BCUT2D eigenvalue weighted by atomic mass is 10.6. The number of nitrogens with one attached hydrogen (secondary N) is 2. The lowest BCUT2D eigenvalue weighted by Gasteiger charge is -2.02. The highest BCUT2D eigenvalue weighted by Gasteiger charge is 2.12. The standard InChI is InChI=1S/C9H6ClN7OS/c10-8-16-6-5(12-2-13-6)7(17-8)19-9-14-3(11)1-4(18)15-9/h1-2H,(H3,11,14,15,18)(H,12,13,16,17). The van der Waals surface area contributed by atoms with Crippen molar-refractivity contribution >= 4 is 40.3 Å². The molecule has 0 radical (unpaired) electrons. The summed E-state index contributed by atoms with van der Waals surface area (Å²) in [4.78, 5) is 32.8. The van der Waals surface area contributed by atoms with Gasteiger partial charge in [-0.1, -0.05) is 0 Å². The molecule has 0 saturated carbocycles. The number of nitrogens with two attached hydrogens (primary N) is 1. The van der Waals surface area contributed by atoms with Gasteiger partial charge in [0.2, 0.25) is 5.28 Å². The molecule has 8 nitrogen and oxygen atoms in total. The van der Waals surface area contributed by atoms with Crippen LogP contribution in [0.5, 0.6) is 0 Å². The van der Waals surface area contributed by atoms with Crippen LogP contribution < -0.4 is 11.3 Å². The Labute approximate surface area is 114 Å². The normalized spacial score (nSPS) is 11.0. The van der Waals surface area contributed by atoms with Crippen molar-refractivity contribution in [3.05, 3.63) is 28.0 Å². The molecule has 0 saturated heterocycles. The summed E-state index contributed by atoms with van der Waals surface area (Å²) in [5.74, 6) is 0.132. The van der Waals surface area contributed by atoms with Crippen LogP contribution in [-0.4, -0.2) is 29.9 Å². The van der Waals surface area contributed by atoms with Gasteiger partial charge >= 0.3 is 0 Å². The minimum atomic E-state index is -0.337. The third kappa shape index (κ3) is 2.37. The van der Waals surface area contributed by atoms with Crippen molar-refractivity contribution in [1.29, 1.82) is 0 Å². The number of rotatable bonds is 2. The zero-order chi connectivity index (χ0) is 13.4. The van der Waals surface area contributed by atoms with E-state index in [1.165, 1.54) is 12.4 Å². The number of aromatic nitrogens is 6. The van der Waals surface area contributed by atoms with E-state index >= 15 is 0 Å². The molecular weight excluding hydrogens is 290 g/mol. The predicted octanol–water partition coefficient (Wildman–Crippen LogP) is 0.823. The van der Waals surface area contributed by atoms with Crippen molar-refractivity contribution in [1.82, 2.24) is 29.9 Å². The first-order valence-corrected chi connectivity index (χ1v) is 6.22. The number of hydrogen-bond acceptors (Lipinski definition) is 7. The number of hydrogen-bond donors (Lipinski definition) is 3. The van der Waals surface area contributed by atoms with E-state index in [4.69, 9.17) is 17.3 Å². The Hall–Kier alpha value is -2.13. The number of nitrogens with zero attached hydrogens (tertiary/aromatic N) is 4. The Morgan fingerprint density at radius 3 is 2.95 bits per heavy atom. The minimum absolute atomic E-state index is 0.0633. The first-order chi connectivity index (χ1) is 9.11. The lowest BCUT2D eigenvalue weighted by Crippen LogP contribution is -2.09. The van der Waals surface area contributed by atoms with E-state index in [2.05, 4.69) is 29.9 Å². The molecule has 96 valence electrons. The van der Waals surface area contributed by atoms with Gasteiger partial charge in [0, 0.05) is 6.07 Å². The molecule has 3 aromatic rings. The minimum Gasteiger partial charge on any atom is -0.383 e. The van der Waals surface area contributed by atoms with E-state index in [9.17, 15) is 4.79 Å². The molecule has 0 aliphatic carbocycles. The molecule has 10 heteroatoms. The van der Waals surface area contributed by atoms with Gasteiger partial charge in [-0.05, 0) is 23.4 Å². The number of halogens is 1. The van der Waals surface area contributed by atoms with E-state index in [1.807, 2.05) is 0 Å². The highest BCUT2D eigenvalue weighted by Crippen LogP contribution is 2.28. The van der Waals surface area contributed by atoms with Gasteiger partial charge in [0.05, 0.1) is 6.33 Å². The number of aromatic amines is 2. The van der Waals surface area contributed by atoms with Crippen LogP contribution in [-0.2, 0) is 0 Å². The third-order valence-electron chi connectivity index (χ3n) is 2.16. The Balaban J connectivity index is 2.09. The van der Waals surface area contributed by atoms with Gasteiger partial charge in [-0.25, -0.2) is 15.0 Å². The van der Waals surface area contributed by atoms with E-state index in [1.54, 1.807) is 0 Å². The summed E-state index contributed by atoms with van der Waals surface area (Å²) in [6.45, 7) is 0. The molecule has 0 fully saturated rings. The smallest absolute Gasteiger partial charge is 0.253 e. The average molecular weight is 296 g/mol. The summed E-state index contributed by atoms with van der Waals surface area (Å²) >= 11 is 6.91. The van der Waals surface area contributed by atoms with Crippen molar-refractivity contribution in [2.45, 2.75) is 10.2 Å². The molecule has 19 heavy (non-hydrogen) atoms. The van der Waals surface area contributed by atoms with E-state index in [0.717, 1.165) is 11.8 Å². The van der Waals surface area contributed by atoms with Gasteiger partial charge in [0.15, 0.2) is 10.8 Å². The second-order valence-electron chi connectivity index (χ2n) is 3.48. The quantitative estimate of drug-likeness (QED) is 0.472. The molecule has 0 aliphatic rings. The molecule has 0 unspecified atom stereocenters. The van der Waals surface area contributed by atoms with Gasteiger partial charge in [-0.15, -0.1) is 0 Å². The fourth-order valence-electron chi connectivity index (χ4n) is 1.45. The third-order valence-corrected chi connectivity index (χ3v) is 3.20. The molecule has 3 rings (SSSR count). The van der Waals surface area contributed by atoms with Crippen LogP contribution in [0.25, 0.3) is 11.2 Å². The summed E-state index contributed by atoms with van der Waals surface area (Å²) in [6, 6.07) is 1.20. The maximum atomic E-state index is 11.3. The van der Waals surface area contributed by atoms with Crippen LogP contribution in [0.2, 0.25) is 5.28 Å². The van der Waals surface area contributed by atoms with E-state index in [-0.39, 0.29) is 16.7 Å². The molecule has 0 amide bonds. The van der Waals surface area contributed by atoms with Gasteiger partial charge in [-0.2, -0.15) is 4.98 Å². The molecule has 0 bridgehead atoms. The van der Waals surface area contributed by atoms with Gasteiger partial charge in [-0.3, -0.25) is 4.79 Å². The van der Waals surface area contributed by atoms with Gasteiger partial charge < -0.3 is 15.7 Å². The first-order valence-electron chi connectivity index (χ1n) is 5.03. The maximum absolute atomic E-state index is 11.3. The van der Waals surface area contributed by atoms with Crippen LogP contribution in [0.15, 0.2) is 27.4 Å². The summed E-state index contributed by atoms with van der Waals surface area (Å²) in [7, 11) is 0. The summed E-state index contributed by atoms with van der Waals surface area (Å²) in [5.41, 5.74) is 6.22. The van der Waals surface area contributed by atoms with E-state index < -0.39 is 0 Å². The van der Waals surface area contributed by atoms with Crippen LogP contribution in [0, 0.1) is 0 Å². The number of nitrogen functional groups attached to an aromatic ring is 1. The number of fused-ring (bicyclic) bond motifs is 1. The molecule has 0 aliphatic heterocycles. The number of anilines is 1. The largest absolute Gasteiger partial charge is 0.383 e. The highest BCUT2D eigenvalue weighted by atomic mass is 35.5. The van der Waals surface area contributed by atoms with Gasteiger partial charge in [0.25, 0.3) is 5.56 Å². The summed E-state index contributed by atoms with van der Waals surface area (Å²) < 4.78 is 0. The molecular formula is C9H6ClN7OS. The molecule has 0 aromatic carbocycles. The zero-order valence-electron chi connectivity index (χ0n) is 9.22. The van der Waals surface area contributed by atoms with Crippen molar-refractivity contribution < 1.29 is 0 Å². The van der Waals surface area contributed by atoms with E-state index in [0.29, 0.717) is 21.3 Å². The first kappa shape index (κ1) is 11.9. The monoisotopic (exact) mass is 295 g/mol. The van der Waals surface area contributed by atoms with Crippen LogP contribution in [0.1, 0.15) is 0 Å². The zero-order valence-corrected chi connectivity index (χ0v) is 10.8. The maximum Gasteiger partial charge on any atom is 0.253 e. The van der Waals surface area contributed by atoms with Crippen LogP contribution >= 0.6 is 23.4 Å². The SMILES string of the molecule is Nc1cc(=O)[nH]c(Sc2nc(Cl)nc3nc[nH]c23)n1. The Kier molecular flexibility index (Phi) is 2.84. The lowest BCUT2D eigenvalue weighted by molar-refractivity contribution is 0.940. The van der Waals surface area contributed by atoms with Crippen LogP contribution in [0.4, 0.5) is 5.82 Å². The van der Waals surface area contributed by atoms with Crippen LogP contribution in [0.3, 0.4) is 0 Å². The molecule has 0 spiro atoms. The highest BCUT2D eigenvalue weighted by molar-refractivity contribution is 7.99. The fourth-order valence-corrected chi connectivity index (χ4v) is 2.53. The molecule has 3 heterocycles. The number of imidazole rings is 1. The second kappa shape index (κ2) is 4.52. The summed E-state index contributed by atoms with van der Waals surface area (Å²) in [5, 5.41) is 0.880. The molecule has 4 N–H and O–H groups in total. The van der Waals surface area contributed by atoms with Crippen molar-refractivity contribution in [2.75, 3.05) is 5.73 Å². The van der Waals surface area contributed by atoms with Gasteiger partial charge in [0.1, 0.15) is 16.4 Å². The average Bonchev–Trinajstić information content (AvgIpc) is 2.75. The van der Waals surface area contributed by atoms with Crippen molar-refractivity contribution in [2.24, 2.45) is 0 Å².